The Labute approximate surface area is 119 Å². The first-order valence-corrected chi connectivity index (χ1v) is 5.33. The number of halogens is 3. The van der Waals surface area contributed by atoms with Gasteiger partial charge in [-0.2, -0.15) is 13.2 Å². The van der Waals surface area contributed by atoms with Crippen molar-refractivity contribution in [1.82, 2.24) is 0 Å². The Bertz CT molecular complexity index is 654. The number of nitro groups is 1. The topological polar surface area (TPSA) is 127 Å². The van der Waals surface area contributed by atoms with Crippen LogP contribution >= 0.6 is 0 Å². The van der Waals surface area contributed by atoms with Crippen LogP contribution in [0.5, 0.6) is 0 Å². The Morgan fingerprint density at radius 2 is 1.82 bits per heavy atom. The van der Waals surface area contributed by atoms with Gasteiger partial charge in [0.25, 0.3) is 5.69 Å². The summed E-state index contributed by atoms with van der Waals surface area (Å²) >= 11 is 0. The van der Waals surface area contributed by atoms with Crippen molar-refractivity contribution in [2.24, 2.45) is 0 Å². The van der Waals surface area contributed by atoms with Crippen molar-refractivity contribution in [2.45, 2.75) is 12.6 Å². The molecular formula is C11H5F3NO7-. The van der Waals surface area contributed by atoms with Crippen molar-refractivity contribution in [3.63, 3.8) is 0 Å². The first kappa shape index (κ1) is 17.1. The molecule has 8 nitrogen and oxygen atoms in total. The second-order valence-electron chi connectivity index (χ2n) is 3.80. The molecule has 0 bridgehead atoms. The molecule has 0 saturated heterocycles. The van der Waals surface area contributed by atoms with E-state index in [-0.39, 0.29) is 6.07 Å². The second kappa shape index (κ2) is 6.20. The van der Waals surface area contributed by atoms with E-state index < -0.39 is 52.2 Å². The maximum Gasteiger partial charge on any atom is 0.416 e. The van der Waals surface area contributed by atoms with Gasteiger partial charge < -0.3 is 14.6 Å². The minimum atomic E-state index is -4.88. The smallest absolute Gasteiger partial charge is 0.416 e. The van der Waals surface area contributed by atoms with Crippen LogP contribution in [-0.4, -0.2) is 22.8 Å². The Balaban J connectivity index is 3.14. The number of esters is 2. The lowest BCUT2D eigenvalue weighted by Crippen LogP contribution is -2.27. The van der Waals surface area contributed by atoms with Crippen LogP contribution in [0.1, 0.15) is 22.3 Å². The molecule has 0 unspecified atom stereocenters. The fraction of sp³-hybridized carbons (Fsp3) is 0.182. The number of carboxylic acids is 1. The largest absolute Gasteiger partial charge is 0.550 e. The molecular weight excluding hydrogens is 315 g/mol. The number of carboxylic acid groups (broad SMARTS) is 1. The van der Waals surface area contributed by atoms with Crippen LogP contribution in [0.25, 0.3) is 0 Å². The standard InChI is InChI=1S/C11H6F3NO7/c12-11(13,14)5-1-2-6(7(3-5)15(20)21)10(19)22-9(18)4-8(16)17/h1-3H,4H2,(H,16,17)/p-1. The Kier molecular flexibility index (Phi) is 4.81. The van der Waals surface area contributed by atoms with Gasteiger partial charge in [-0.1, -0.05) is 0 Å². The van der Waals surface area contributed by atoms with E-state index >= 15 is 0 Å². The van der Waals surface area contributed by atoms with Crippen LogP contribution in [0, 0.1) is 10.1 Å². The Morgan fingerprint density at radius 1 is 1.23 bits per heavy atom. The monoisotopic (exact) mass is 320 g/mol. The van der Waals surface area contributed by atoms with Crippen LogP contribution in [0.2, 0.25) is 0 Å². The second-order valence-corrected chi connectivity index (χ2v) is 3.80. The Morgan fingerprint density at radius 3 is 2.27 bits per heavy atom. The van der Waals surface area contributed by atoms with Crippen molar-refractivity contribution >= 4 is 23.6 Å². The maximum atomic E-state index is 12.5. The van der Waals surface area contributed by atoms with Crippen LogP contribution < -0.4 is 5.11 Å². The zero-order valence-electron chi connectivity index (χ0n) is 10.4. The molecule has 11 heteroatoms. The molecule has 0 radical (unpaired) electrons. The van der Waals surface area contributed by atoms with E-state index in [2.05, 4.69) is 4.74 Å². The lowest BCUT2D eigenvalue weighted by Gasteiger charge is -2.08. The lowest BCUT2D eigenvalue weighted by molar-refractivity contribution is -0.385. The highest BCUT2D eigenvalue weighted by Crippen LogP contribution is 2.33. The summed E-state index contributed by atoms with van der Waals surface area (Å²) < 4.78 is 41.3. The zero-order chi connectivity index (χ0) is 17.1. The Hall–Kier alpha value is -2.98. The number of hydrogen-bond donors (Lipinski definition) is 0. The normalized spacial score (nSPS) is 10.9. The van der Waals surface area contributed by atoms with Gasteiger partial charge in [0, 0.05) is 6.07 Å². The number of benzene rings is 1. The van der Waals surface area contributed by atoms with Crippen LogP contribution in [0.15, 0.2) is 18.2 Å². The van der Waals surface area contributed by atoms with Crippen LogP contribution in [0.3, 0.4) is 0 Å². The minimum Gasteiger partial charge on any atom is -0.550 e. The SMILES string of the molecule is O=C([O-])CC(=O)OC(=O)c1ccc(C(F)(F)F)cc1[N+](=O)[O-]. The summed E-state index contributed by atoms with van der Waals surface area (Å²) in [4.78, 5) is 42.0. The third-order valence-corrected chi connectivity index (χ3v) is 2.24. The van der Waals surface area contributed by atoms with E-state index in [0.29, 0.717) is 12.1 Å². The summed E-state index contributed by atoms with van der Waals surface area (Å²) in [5, 5.41) is 20.8. The summed E-state index contributed by atoms with van der Waals surface area (Å²) in [6.07, 6.45) is -6.17. The molecule has 0 saturated carbocycles. The predicted molar refractivity (Wildman–Crippen MR) is 58.1 cm³/mol. The molecule has 0 amide bonds. The summed E-state index contributed by atoms with van der Waals surface area (Å²) in [7, 11) is 0. The number of nitro benzene ring substituents is 1. The fourth-order valence-electron chi connectivity index (χ4n) is 1.34. The maximum absolute atomic E-state index is 12.5. The minimum absolute atomic E-state index is 0.0970. The van der Waals surface area contributed by atoms with Gasteiger partial charge in [-0.25, -0.2) is 4.79 Å². The molecule has 0 aliphatic heterocycles. The molecule has 22 heavy (non-hydrogen) atoms. The van der Waals surface area contributed by atoms with Crippen molar-refractivity contribution in [2.75, 3.05) is 0 Å². The van der Waals surface area contributed by atoms with Crippen LogP contribution in [0.4, 0.5) is 18.9 Å². The molecule has 118 valence electrons. The number of rotatable bonds is 4. The molecule has 0 heterocycles. The molecule has 1 aromatic carbocycles. The van der Waals surface area contributed by atoms with Crippen molar-refractivity contribution in [3.05, 3.63) is 39.4 Å². The van der Waals surface area contributed by atoms with E-state index in [9.17, 15) is 42.8 Å². The number of carbonyl (C=O) groups is 3. The highest BCUT2D eigenvalue weighted by Gasteiger charge is 2.34. The van der Waals surface area contributed by atoms with Gasteiger partial charge in [0.15, 0.2) is 0 Å². The molecule has 0 aliphatic carbocycles. The van der Waals surface area contributed by atoms with Gasteiger partial charge in [0.1, 0.15) is 5.56 Å². The predicted octanol–water partition coefficient (Wildman–Crippen LogP) is 0.437. The summed E-state index contributed by atoms with van der Waals surface area (Å²) in [6.45, 7) is 0. The highest BCUT2D eigenvalue weighted by atomic mass is 19.4. The van der Waals surface area contributed by atoms with Crippen molar-refractivity contribution in [3.8, 4) is 0 Å². The number of ether oxygens (including phenoxy) is 1. The van der Waals surface area contributed by atoms with Crippen molar-refractivity contribution in [1.29, 1.82) is 0 Å². The van der Waals surface area contributed by atoms with Gasteiger partial charge >= 0.3 is 18.1 Å². The van der Waals surface area contributed by atoms with E-state index in [1.807, 2.05) is 0 Å². The summed E-state index contributed by atoms with van der Waals surface area (Å²) in [6, 6.07) is 0.933. The van der Waals surface area contributed by atoms with Gasteiger partial charge in [-0.05, 0) is 12.1 Å². The quantitative estimate of drug-likeness (QED) is 0.341. The highest BCUT2D eigenvalue weighted by molar-refractivity contribution is 6.02. The van der Waals surface area contributed by atoms with E-state index in [1.165, 1.54) is 0 Å². The van der Waals surface area contributed by atoms with Crippen LogP contribution in [-0.2, 0) is 20.5 Å². The van der Waals surface area contributed by atoms with Gasteiger partial charge in [-0.3, -0.25) is 14.9 Å². The molecule has 1 aromatic rings. The molecule has 0 atom stereocenters. The van der Waals surface area contributed by atoms with E-state index in [1.54, 1.807) is 0 Å². The van der Waals surface area contributed by atoms with Gasteiger partial charge in [0.2, 0.25) is 0 Å². The lowest BCUT2D eigenvalue weighted by atomic mass is 10.1. The van der Waals surface area contributed by atoms with Gasteiger partial charge in [0.05, 0.1) is 22.9 Å². The summed E-state index contributed by atoms with van der Waals surface area (Å²) in [5.74, 6) is -5.08. The molecule has 0 spiro atoms. The number of carbonyl (C=O) groups excluding carboxylic acids is 3. The fourth-order valence-corrected chi connectivity index (χ4v) is 1.34. The van der Waals surface area contributed by atoms with E-state index in [0.717, 1.165) is 0 Å². The summed E-state index contributed by atoms with van der Waals surface area (Å²) in [5.41, 5.74) is -3.54. The molecule has 0 N–H and O–H groups in total. The third-order valence-electron chi connectivity index (χ3n) is 2.24. The number of alkyl halides is 3. The molecule has 0 aromatic heterocycles. The first-order chi connectivity index (χ1) is 10.0. The van der Waals surface area contributed by atoms with Crippen molar-refractivity contribution < 1.29 is 42.3 Å². The van der Waals surface area contributed by atoms with E-state index in [4.69, 9.17) is 0 Å². The molecule has 0 fully saturated rings. The van der Waals surface area contributed by atoms with Gasteiger partial charge in [-0.15, -0.1) is 0 Å². The third kappa shape index (κ3) is 4.26. The average Bonchev–Trinajstić information content (AvgIpc) is 2.35. The number of hydrogen-bond acceptors (Lipinski definition) is 7. The number of aliphatic carboxylic acids is 1. The molecule has 1 rings (SSSR count). The average molecular weight is 320 g/mol. The number of nitrogens with zero attached hydrogens (tertiary/aromatic N) is 1. The first-order valence-electron chi connectivity index (χ1n) is 5.33. The zero-order valence-corrected chi connectivity index (χ0v) is 10.4. The molecule has 0 aliphatic rings.